The molecule has 38 heavy (non-hydrogen) atoms. The maximum atomic E-state index is 13.9. The number of hydrogen-bond acceptors (Lipinski definition) is 7. The number of amides is 1. The number of fused-ring (bicyclic) bond motifs is 3. The van der Waals surface area contributed by atoms with Crippen LogP contribution in [0.15, 0.2) is 58.5 Å². The van der Waals surface area contributed by atoms with E-state index in [0.29, 0.717) is 34.3 Å². The van der Waals surface area contributed by atoms with E-state index in [1.54, 1.807) is 47.1 Å². The predicted molar refractivity (Wildman–Crippen MR) is 153 cm³/mol. The molecule has 4 aromatic rings. The summed E-state index contributed by atoms with van der Waals surface area (Å²) in [6.07, 6.45) is 2.94. The van der Waals surface area contributed by atoms with Gasteiger partial charge in [-0.1, -0.05) is 36.4 Å². The Labute approximate surface area is 229 Å². The number of ether oxygens (including phenoxy) is 1. The van der Waals surface area contributed by atoms with E-state index in [9.17, 15) is 14.4 Å². The Morgan fingerprint density at radius 1 is 1.16 bits per heavy atom. The van der Waals surface area contributed by atoms with Crippen LogP contribution in [0.25, 0.3) is 15.9 Å². The molecule has 2 aromatic carbocycles. The van der Waals surface area contributed by atoms with Crippen LogP contribution in [-0.4, -0.2) is 33.8 Å². The highest BCUT2D eigenvalue weighted by molar-refractivity contribution is 7.99. The average Bonchev–Trinajstić information content (AvgIpc) is 3.26. The second-order valence-corrected chi connectivity index (χ2v) is 11.6. The van der Waals surface area contributed by atoms with Gasteiger partial charge in [0.05, 0.1) is 29.0 Å². The topological polar surface area (TPSA) is 90.3 Å². The monoisotopic (exact) mass is 547 g/mol. The number of aromatic nitrogens is 2. The smallest absolute Gasteiger partial charge is 0.338 e. The number of thiophene rings is 1. The lowest BCUT2D eigenvalue weighted by Gasteiger charge is -2.18. The Morgan fingerprint density at radius 2 is 1.89 bits per heavy atom. The van der Waals surface area contributed by atoms with Crippen LogP contribution in [-0.2, 0) is 22.4 Å². The zero-order chi connectivity index (χ0) is 26.8. The normalized spacial score (nSPS) is 14.8. The zero-order valence-electron chi connectivity index (χ0n) is 21.6. The van der Waals surface area contributed by atoms with E-state index in [1.807, 2.05) is 31.2 Å². The standard InChI is InChI=1S/C29H29N3O4S2/c1-4-36-28(35)19-8-10-20(11-9-19)30-24(33)16-37-29-31-26-25(22-14-7-18(3)15-23(22)38-26)27(34)32(29)21-12-5-17(2)6-13-21/h5-6,8-13,18H,4,7,14-16H2,1-3H3,(H,30,33). The fraction of sp³-hybridized carbons (Fsp3) is 0.310. The number of hydrogen-bond donors (Lipinski definition) is 1. The van der Waals surface area contributed by atoms with Crippen LogP contribution in [0.3, 0.4) is 0 Å². The van der Waals surface area contributed by atoms with Gasteiger partial charge in [0.2, 0.25) is 5.91 Å². The molecule has 2 heterocycles. The number of carbonyl (C=O) groups excluding carboxylic acids is 2. The van der Waals surface area contributed by atoms with Crippen molar-refractivity contribution in [2.24, 2.45) is 5.92 Å². The molecule has 0 radical (unpaired) electrons. The Morgan fingerprint density at radius 3 is 2.61 bits per heavy atom. The Kier molecular flexibility index (Phi) is 7.67. The van der Waals surface area contributed by atoms with Crippen molar-refractivity contribution in [3.8, 4) is 5.69 Å². The number of anilines is 1. The van der Waals surface area contributed by atoms with Crippen LogP contribution < -0.4 is 10.9 Å². The lowest BCUT2D eigenvalue weighted by molar-refractivity contribution is -0.113. The maximum absolute atomic E-state index is 13.9. The fourth-order valence-corrected chi connectivity index (χ4v) is 6.86. The van der Waals surface area contributed by atoms with E-state index in [0.717, 1.165) is 40.9 Å². The summed E-state index contributed by atoms with van der Waals surface area (Å²) in [6, 6.07) is 14.3. The first-order valence-electron chi connectivity index (χ1n) is 12.7. The molecule has 0 fully saturated rings. The second kappa shape index (κ2) is 11.1. The van der Waals surface area contributed by atoms with Gasteiger partial charge in [-0.3, -0.25) is 14.2 Å². The third kappa shape index (κ3) is 5.39. The van der Waals surface area contributed by atoms with Crippen molar-refractivity contribution in [3.05, 3.63) is 80.5 Å². The molecule has 1 amide bonds. The minimum absolute atomic E-state index is 0.0750. The number of esters is 1. The van der Waals surface area contributed by atoms with Crippen LogP contribution in [0.4, 0.5) is 5.69 Å². The number of nitrogens with zero attached hydrogens (tertiary/aromatic N) is 2. The van der Waals surface area contributed by atoms with E-state index in [1.165, 1.54) is 16.6 Å². The largest absolute Gasteiger partial charge is 0.462 e. The molecule has 1 aliphatic rings. The van der Waals surface area contributed by atoms with E-state index >= 15 is 0 Å². The molecule has 1 unspecified atom stereocenters. The highest BCUT2D eigenvalue weighted by Crippen LogP contribution is 2.37. The van der Waals surface area contributed by atoms with Gasteiger partial charge in [-0.05, 0) is 81.0 Å². The number of carbonyl (C=O) groups is 2. The van der Waals surface area contributed by atoms with Crippen molar-refractivity contribution in [2.45, 2.75) is 45.2 Å². The first-order valence-corrected chi connectivity index (χ1v) is 14.5. The summed E-state index contributed by atoms with van der Waals surface area (Å²) in [4.78, 5) is 45.5. The van der Waals surface area contributed by atoms with Gasteiger partial charge in [0, 0.05) is 10.6 Å². The van der Waals surface area contributed by atoms with Crippen molar-refractivity contribution >= 4 is 50.9 Å². The number of benzene rings is 2. The molecule has 7 nitrogen and oxygen atoms in total. The van der Waals surface area contributed by atoms with Gasteiger partial charge in [-0.2, -0.15) is 0 Å². The SMILES string of the molecule is CCOC(=O)c1ccc(NC(=O)CSc2nc3sc4c(c3c(=O)n2-c2ccc(C)cc2)CCC(C)C4)cc1. The third-order valence-electron chi connectivity index (χ3n) is 6.60. The third-order valence-corrected chi connectivity index (χ3v) is 8.69. The Bertz CT molecular complexity index is 1560. The van der Waals surface area contributed by atoms with Crippen molar-refractivity contribution < 1.29 is 14.3 Å². The quantitative estimate of drug-likeness (QED) is 0.179. The van der Waals surface area contributed by atoms with Crippen LogP contribution in [0.5, 0.6) is 0 Å². The van der Waals surface area contributed by atoms with Crippen LogP contribution >= 0.6 is 23.1 Å². The molecule has 2 aromatic heterocycles. The van der Waals surface area contributed by atoms with Crippen molar-refractivity contribution in [1.82, 2.24) is 9.55 Å². The van der Waals surface area contributed by atoms with E-state index in [2.05, 4.69) is 12.2 Å². The molecule has 0 saturated carbocycles. The van der Waals surface area contributed by atoms with Crippen LogP contribution in [0.1, 0.15) is 46.6 Å². The average molecular weight is 548 g/mol. The predicted octanol–water partition coefficient (Wildman–Crippen LogP) is 5.79. The summed E-state index contributed by atoms with van der Waals surface area (Å²) >= 11 is 2.84. The minimum atomic E-state index is -0.402. The molecular weight excluding hydrogens is 518 g/mol. The van der Waals surface area contributed by atoms with Crippen molar-refractivity contribution in [1.29, 1.82) is 0 Å². The van der Waals surface area contributed by atoms with Crippen LogP contribution in [0, 0.1) is 12.8 Å². The van der Waals surface area contributed by atoms with Gasteiger partial charge in [0.15, 0.2) is 5.16 Å². The van der Waals surface area contributed by atoms with E-state index < -0.39 is 5.97 Å². The van der Waals surface area contributed by atoms with Crippen molar-refractivity contribution in [2.75, 3.05) is 17.7 Å². The molecule has 1 atom stereocenters. The first kappa shape index (κ1) is 26.2. The molecule has 1 aliphatic carbocycles. The van der Waals surface area contributed by atoms with Gasteiger partial charge in [-0.25, -0.2) is 9.78 Å². The molecule has 0 saturated heterocycles. The van der Waals surface area contributed by atoms with E-state index in [4.69, 9.17) is 9.72 Å². The number of rotatable bonds is 7. The number of aryl methyl sites for hydroxylation is 2. The summed E-state index contributed by atoms with van der Waals surface area (Å²) in [5.41, 5.74) is 3.89. The summed E-state index contributed by atoms with van der Waals surface area (Å²) in [5, 5.41) is 4.06. The molecule has 0 bridgehead atoms. The first-order chi connectivity index (χ1) is 18.3. The van der Waals surface area contributed by atoms with Gasteiger partial charge in [-0.15, -0.1) is 11.3 Å². The zero-order valence-corrected chi connectivity index (χ0v) is 23.2. The molecule has 0 aliphatic heterocycles. The highest BCUT2D eigenvalue weighted by atomic mass is 32.2. The summed E-state index contributed by atoms with van der Waals surface area (Å²) in [7, 11) is 0. The Balaban J connectivity index is 1.42. The molecule has 0 spiro atoms. The lowest BCUT2D eigenvalue weighted by atomic mass is 9.89. The van der Waals surface area contributed by atoms with Crippen molar-refractivity contribution in [3.63, 3.8) is 0 Å². The van der Waals surface area contributed by atoms with Gasteiger partial charge in [0.1, 0.15) is 4.83 Å². The summed E-state index contributed by atoms with van der Waals surface area (Å²) < 4.78 is 6.64. The molecule has 1 N–H and O–H groups in total. The van der Waals surface area contributed by atoms with Crippen LogP contribution in [0.2, 0.25) is 0 Å². The molecule has 9 heteroatoms. The minimum Gasteiger partial charge on any atom is -0.462 e. The summed E-state index contributed by atoms with van der Waals surface area (Å²) in [5.74, 6) is 0.0360. The van der Waals surface area contributed by atoms with E-state index in [-0.39, 0.29) is 17.2 Å². The lowest BCUT2D eigenvalue weighted by Crippen LogP contribution is -2.23. The highest BCUT2D eigenvalue weighted by Gasteiger charge is 2.25. The summed E-state index contributed by atoms with van der Waals surface area (Å²) in [6.45, 7) is 6.30. The number of nitrogens with one attached hydrogen (secondary N) is 1. The fourth-order valence-electron chi connectivity index (χ4n) is 4.62. The van der Waals surface area contributed by atoms with Gasteiger partial charge >= 0.3 is 5.97 Å². The second-order valence-electron chi connectivity index (χ2n) is 9.54. The molecular formula is C29H29N3O4S2. The Hall–Kier alpha value is -3.43. The molecule has 5 rings (SSSR count). The van der Waals surface area contributed by atoms with Gasteiger partial charge < -0.3 is 10.1 Å². The number of thioether (sulfide) groups is 1. The van der Waals surface area contributed by atoms with Gasteiger partial charge in [0.25, 0.3) is 5.56 Å². The maximum Gasteiger partial charge on any atom is 0.338 e. The molecule has 196 valence electrons.